The second kappa shape index (κ2) is 34.9. The number of nitrogens with zero attached hydrogens (tertiary/aromatic N) is 8. The van der Waals surface area contributed by atoms with Gasteiger partial charge in [0.15, 0.2) is 12.8 Å². The van der Waals surface area contributed by atoms with Crippen molar-refractivity contribution in [3.63, 3.8) is 0 Å². The van der Waals surface area contributed by atoms with Crippen LogP contribution in [0.25, 0.3) is 53.2 Å². The maximum Gasteiger partial charge on any atom is 0.490 e. The van der Waals surface area contributed by atoms with Crippen molar-refractivity contribution >= 4 is 116 Å². The van der Waals surface area contributed by atoms with Crippen LogP contribution in [0.3, 0.4) is 0 Å². The Morgan fingerprint density at radius 1 is 0.733 bits per heavy atom. The van der Waals surface area contributed by atoms with Gasteiger partial charge in [-0.05, 0) is 73.5 Å². The summed E-state index contributed by atoms with van der Waals surface area (Å²) in [4.78, 5) is 107. The van der Waals surface area contributed by atoms with Crippen LogP contribution in [0.1, 0.15) is 73.5 Å². The predicted octanol–water partition coefficient (Wildman–Crippen LogP) is 3.72. The standard InChI is InChI=1S/C53H62N13O29P3S3/c54-51-32(25-66(53(71)62-51)48-23-39(91-30-61-64-55)40(93-48)26-92-97(75,76)95-98(77,78)94-96(72,73)74)10-8-20-59-46(69)28-90-47(63-65-56)29-88-33-11-7-9-31(21-33)52(70)60-19-6-2-5-17-57-44(67)12-3-1-4-18-58-45(68)27-89-38-22-41(99(79,80)81)35-15-16-37-43(101(85,86)87)24-42(100(82,83)84)36-14-13-34(38)49(35)50(36)37/h7,9,11,13-16,21-22,24-25,39-40,47-48H,1-6,12,17-20,23,26-30H2,(H,57,67)(H,58,68)(H,59,69)(H,60,70)(H,75,76)(H,77,78)(H2,54,62,71)(H2,72,73,74)(H,79,80,81)(H,82,83,84)(H,85,86,87). The van der Waals surface area contributed by atoms with Gasteiger partial charge in [-0.25, -0.2) is 18.5 Å². The van der Waals surface area contributed by atoms with Crippen LogP contribution in [0, 0.1) is 11.8 Å². The Morgan fingerprint density at radius 3 is 1.95 bits per heavy atom. The molecule has 1 fully saturated rings. The van der Waals surface area contributed by atoms with Crippen LogP contribution in [-0.2, 0) is 85.8 Å². The molecule has 6 unspecified atom stereocenters. The lowest BCUT2D eigenvalue weighted by molar-refractivity contribution is -0.128. The summed E-state index contributed by atoms with van der Waals surface area (Å²) in [5.41, 5.74) is 22.9. The van der Waals surface area contributed by atoms with Crippen LogP contribution in [0.4, 0.5) is 5.82 Å². The van der Waals surface area contributed by atoms with Crippen molar-refractivity contribution in [2.75, 3.05) is 65.1 Å². The molecule has 48 heteroatoms. The van der Waals surface area contributed by atoms with Gasteiger partial charge in [-0.2, -0.15) is 38.9 Å². The maximum absolute atomic E-state index is 13.0. The number of benzene rings is 5. The highest BCUT2D eigenvalue weighted by atomic mass is 32.2. The van der Waals surface area contributed by atoms with E-state index >= 15 is 0 Å². The molecule has 7 rings (SSSR count). The maximum atomic E-state index is 13.0. The molecular weight excluding hydrogens is 1470 g/mol. The molecule has 2 heterocycles. The number of phosphoric acid groups is 3. The van der Waals surface area contributed by atoms with Crippen LogP contribution in [-0.4, -0.2) is 169 Å². The monoisotopic (exact) mass is 1530 g/mol. The second-order valence-corrected chi connectivity index (χ2v) is 29.9. The first-order valence-electron chi connectivity index (χ1n) is 29.2. The minimum Gasteiger partial charge on any atom is -0.491 e. The Hall–Kier alpha value is -8.50. The Labute approximate surface area is 570 Å². The number of phosphoric ester groups is 1. The fourth-order valence-electron chi connectivity index (χ4n) is 9.86. The van der Waals surface area contributed by atoms with Crippen molar-refractivity contribution in [1.82, 2.24) is 30.8 Å². The number of ether oxygens (including phenoxy) is 5. The number of azide groups is 2. The number of nitrogens with one attached hydrogen (secondary N) is 4. The van der Waals surface area contributed by atoms with E-state index in [0.29, 0.717) is 57.7 Å². The highest BCUT2D eigenvalue weighted by Crippen LogP contribution is 2.66. The average Bonchev–Trinajstić information content (AvgIpc) is 1.04. The molecule has 0 spiro atoms. The number of hydrogen-bond acceptors (Lipinski definition) is 26. The average molecular weight is 1530 g/mol. The highest BCUT2D eigenvalue weighted by molar-refractivity contribution is 7.87. The first-order chi connectivity index (χ1) is 47.5. The van der Waals surface area contributed by atoms with Crippen molar-refractivity contribution < 1.29 is 128 Å². The lowest BCUT2D eigenvalue weighted by Gasteiger charge is -2.21. The molecule has 546 valence electrons. The number of unbranched alkanes of at least 4 members (excludes halogenated alkanes) is 4. The van der Waals surface area contributed by atoms with Crippen LogP contribution >= 0.6 is 23.5 Å². The number of carbonyl (C=O) groups excluding carboxylic acids is 4. The number of nitrogens with two attached hydrogens (primary N) is 1. The van der Waals surface area contributed by atoms with Gasteiger partial charge in [-0.3, -0.25) is 41.9 Å². The first-order valence-corrected chi connectivity index (χ1v) is 38.1. The molecule has 42 nitrogen and oxygen atoms in total. The number of amides is 4. The number of carbonyl (C=O) groups is 4. The van der Waals surface area contributed by atoms with Gasteiger partial charge >= 0.3 is 29.2 Å². The summed E-state index contributed by atoms with van der Waals surface area (Å²) in [6.45, 7) is -2.85. The summed E-state index contributed by atoms with van der Waals surface area (Å²) < 4.78 is 181. The van der Waals surface area contributed by atoms with Crippen molar-refractivity contribution in [1.29, 1.82) is 0 Å². The van der Waals surface area contributed by atoms with Gasteiger partial charge < -0.3 is 70.3 Å². The second-order valence-electron chi connectivity index (χ2n) is 21.3. The van der Waals surface area contributed by atoms with E-state index in [9.17, 15) is 86.4 Å². The molecule has 0 bridgehead atoms. The number of rotatable bonds is 38. The zero-order chi connectivity index (χ0) is 74.1. The lowest BCUT2D eigenvalue weighted by atomic mass is 9.93. The lowest BCUT2D eigenvalue weighted by Crippen LogP contribution is -2.31. The highest BCUT2D eigenvalue weighted by Gasteiger charge is 2.44. The Morgan fingerprint density at radius 2 is 1.33 bits per heavy atom. The van der Waals surface area contributed by atoms with E-state index in [0.717, 1.165) is 29.0 Å². The smallest absolute Gasteiger partial charge is 0.490 e. The van der Waals surface area contributed by atoms with E-state index in [4.69, 9.17) is 50.3 Å². The Kier molecular flexibility index (Phi) is 27.6. The summed E-state index contributed by atoms with van der Waals surface area (Å²) in [7, 11) is -32.5. The van der Waals surface area contributed by atoms with Crippen molar-refractivity contribution in [2.24, 2.45) is 10.2 Å². The molecule has 1 aromatic heterocycles. The SMILES string of the molecule is [N-]=[N+]=NCOC1CC(n2cc(C#CCNC(=O)COC(COc3cccc(C(=O)NCCCCCNC(=O)CCCCCNC(=O)COc4cc(S(=O)(=O)O)c5ccc6c(S(=O)(=O)O)cc(S(=O)(=O)O)c7ccc4c5c76)c3)N=[N+]=[N-])c(N)nc2=O)OC1COP(=O)(O)OP(=O)(O)OP(=O)(O)O. The van der Waals surface area contributed by atoms with Gasteiger partial charge in [-0.15, -0.1) is 0 Å². The summed E-state index contributed by atoms with van der Waals surface area (Å²) in [5.74, 6) is 2.73. The Balaban J connectivity index is 0.767. The molecule has 6 atom stereocenters. The fraction of sp³-hybridized carbons (Fsp3) is 0.396. The largest absolute Gasteiger partial charge is 0.491 e. The predicted molar refractivity (Wildman–Crippen MR) is 347 cm³/mol. The summed E-state index contributed by atoms with van der Waals surface area (Å²) >= 11 is 0. The molecule has 13 N–H and O–H groups in total. The van der Waals surface area contributed by atoms with Crippen molar-refractivity contribution in [3.8, 4) is 23.3 Å². The van der Waals surface area contributed by atoms with E-state index in [1.807, 2.05) is 0 Å². The number of anilines is 1. The van der Waals surface area contributed by atoms with Crippen LogP contribution in [0.2, 0.25) is 0 Å². The minimum atomic E-state index is -5.87. The van der Waals surface area contributed by atoms with E-state index < -0.39 is 150 Å². The number of hydrogen-bond donors (Lipinski definition) is 12. The van der Waals surface area contributed by atoms with Crippen LogP contribution in [0.5, 0.6) is 11.5 Å². The zero-order valence-electron chi connectivity index (χ0n) is 52.0. The minimum absolute atomic E-state index is 0.0531. The first kappa shape index (κ1) is 79.8. The zero-order valence-corrected chi connectivity index (χ0v) is 57.1. The molecule has 0 aliphatic carbocycles. The fourth-order valence-corrected chi connectivity index (χ4v) is 15.1. The molecule has 0 radical (unpaired) electrons. The van der Waals surface area contributed by atoms with E-state index in [2.05, 4.69) is 71.3 Å². The van der Waals surface area contributed by atoms with Gasteiger partial charge in [0.1, 0.15) is 64.3 Å². The van der Waals surface area contributed by atoms with Gasteiger partial charge in [-0.1, -0.05) is 52.8 Å². The third-order valence-corrected chi connectivity index (χ3v) is 20.7. The molecule has 1 aliphatic rings. The van der Waals surface area contributed by atoms with Crippen molar-refractivity contribution in [3.05, 3.63) is 109 Å². The third kappa shape index (κ3) is 23.5. The molecule has 5 aromatic carbocycles. The normalized spacial score (nSPS) is 16.4. The molecule has 1 aliphatic heterocycles. The Bertz CT molecular complexity index is 4800. The molecule has 4 amide bonds. The van der Waals surface area contributed by atoms with Gasteiger partial charge in [0.2, 0.25) is 11.8 Å². The molecule has 1 saturated heterocycles. The van der Waals surface area contributed by atoms with Crippen LogP contribution in [0.15, 0.2) is 96.6 Å². The summed E-state index contributed by atoms with van der Waals surface area (Å²) in [5, 5.41) is 16.4. The van der Waals surface area contributed by atoms with Gasteiger partial charge in [0, 0.05) is 92.4 Å². The summed E-state index contributed by atoms with van der Waals surface area (Å²) in [6.07, 6.45) is -0.902. The van der Waals surface area contributed by atoms with E-state index in [1.165, 1.54) is 36.4 Å². The van der Waals surface area contributed by atoms with E-state index in [-0.39, 0.29) is 92.6 Å². The number of nitrogen functional groups attached to an aromatic ring is 1. The topological polar surface area (TPSA) is 644 Å². The van der Waals surface area contributed by atoms with Crippen molar-refractivity contribution in [2.45, 2.75) is 90.7 Å². The van der Waals surface area contributed by atoms with Gasteiger partial charge in [0.25, 0.3) is 42.2 Å². The third-order valence-electron chi connectivity index (χ3n) is 14.2. The van der Waals surface area contributed by atoms with Crippen LogP contribution < -0.4 is 42.2 Å². The molecule has 0 saturated carbocycles. The quantitative estimate of drug-likeness (QED) is 0.00384. The molecule has 101 heavy (non-hydrogen) atoms. The van der Waals surface area contributed by atoms with E-state index in [1.54, 1.807) is 0 Å². The molecular formula is C53H62N13O29P3S3. The van der Waals surface area contributed by atoms with Gasteiger partial charge in [0.05, 0.1) is 24.8 Å². The number of aromatic nitrogens is 2. The summed E-state index contributed by atoms with van der Waals surface area (Å²) in [6, 6.07) is 12.2. The molecule has 6 aromatic rings.